The molecule has 0 bridgehead atoms. The van der Waals surface area contributed by atoms with Crippen molar-refractivity contribution in [3.8, 4) is 5.75 Å². The van der Waals surface area contributed by atoms with Crippen LogP contribution in [0.15, 0.2) is 12.1 Å². The molecule has 3 nitrogen and oxygen atoms in total. The van der Waals surface area contributed by atoms with Crippen LogP contribution in [-0.2, 0) is 5.41 Å². The van der Waals surface area contributed by atoms with Crippen LogP contribution in [0.3, 0.4) is 0 Å². The Kier molecular flexibility index (Phi) is 2.75. The van der Waals surface area contributed by atoms with Crippen LogP contribution in [-0.4, -0.2) is 16.2 Å². The third-order valence-electron chi connectivity index (χ3n) is 2.47. The van der Waals surface area contributed by atoms with Gasteiger partial charge in [-0.05, 0) is 24.0 Å². The molecule has 0 spiro atoms. The van der Waals surface area contributed by atoms with Crippen molar-refractivity contribution in [3.63, 3.8) is 0 Å². The SMILES string of the molecule is Cc1c(C(=O)O)ccc(C(C)(C)C)c1O. The van der Waals surface area contributed by atoms with Crippen LogP contribution in [0.25, 0.3) is 0 Å². The molecule has 0 amide bonds. The van der Waals surface area contributed by atoms with Crippen LogP contribution >= 0.6 is 0 Å². The number of hydrogen-bond donors (Lipinski definition) is 2. The second-order valence-corrected chi connectivity index (χ2v) is 4.69. The van der Waals surface area contributed by atoms with E-state index in [0.717, 1.165) is 5.56 Å². The lowest BCUT2D eigenvalue weighted by Crippen LogP contribution is -2.13. The van der Waals surface area contributed by atoms with Gasteiger partial charge in [0.25, 0.3) is 0 Å². The minimum Gasteiger partial charge on any atom is -0.507 e. The van der Waals surface area contributed by atoms with Crippen molar-refractivity contribution < 1.29 is 15.0 Å². The first-order chi connectivity index (χ1) is 6.75. The maximum atomic E-state index is 10.8. The first kappa shape index (κ1) is 11.6. The van der Waals surface area contributed by atoms with Crippen molar-refractivity contribution in [1.29, 1.82) is 0 Å². The van der Waals surface area contributed by atoms with Gasteiger partial charge in [0.1, 0.15) is 5.75 Å². The fourth-order valence-electron chi connectivity index (χ4n) is 1.54. The molecule has 0 aliphatic carbocycles. The van der Waals surface area contributed by atoms with Gasteiger partial charge < -0.3 is 10.2 Å². The number of carbonyl (C=O) groups is 1. The largest absolute Gasteiger partial charge is 0.507 e. The third-order valence-corrected chi connectivity index (χ3v) is 2.47. The van der Waals surface area contributed by atoms with Crippen LogP contribution in [0.5, 0.6) is 5.75 Å². The van der Waals surface area contributed by atoms with E-state index in [2.05, 4.69) is 0 Å². The Balaban J connectivity index is 3.41. The van der Waals surface area contributed by atoms with Gasteiger partial charge in [0, 0.05) is 5.56 Å². The molecule has 3 heteroatoms. The molecule has 82 valence electrons. The van der Waals surface area contributed by atoms with Gasteiger partial charge in [-0.1, -0.05) is 26.8 Å². The molecule has 0 aromatic heterocycles. The lowest BCUT2D eigenvalue weighted by atomic mass is 9.84. The van der Waals surface area contributed by atoms with Gasteiger partial charge in [-0.2, -0.15) is 0 Å². The number of benzene rings is 1. The summed E-state index contributed by atoms with van der Waals surface area (Å²) in [5.41, 5.74) is 1.16. The van der Waals surface area contributed by atoms with Gasteiger partial charge in [-0.3, -0.25) is 0 Å². The maximum absolute atomic E-state index is 10.8. The fourth-order valence-corrected chi connectivity index (χ4v) is 1.54. The second kappa shape index (κ2) is 3.57. The summed E-state index contributed by atoms with van der Waals surface area (Å²) in [5, 5.41) is 18.8. The summed E-state index contributed by atoms with van der Waals surface area (Å²) in [6.45, 7) is 7.54. The van der Waals surface area contributed by atoms with Crippen LogP contribution < -0.4 is 0 Å². The summed E-state index contributed by atoms with van der Waals surface area (Å²) in [6.07, 6.45) is 0. The topological polar surface area (TPSA) is 57.5 Å². The number of aromatic hydroxyl groups is 1. The van der Waals surface area contributed by atoms with E-state index < -0.39 is 5.97 Å². The number of carboxylic acid groups (broad SMARTS) is 1. The highest BCUT2D eigenvalue weighted by molar-refractivity contribution is 5.90. The highest BCUT2D eigenvalue weighted by Gasteiger charge is 2.21. The summed E-state index contributed by atoms with van der Waals surface area (Å²) in [4.78, 5) is 10.8. The Morgan fingerprint density at radius 2 is 1.80 bits per heavy atom. The summed E-state index contributed by atoms with van der Waals surface area (Å²) in [7, 11) is 0. The number of aromatic carboxylic acids is 1. The molecule has 0 aliphatic heterocycles. The van der Waals surface area contributed by atoms with Crippen molar-refractivity contribution in [3.05, 3.63) is 28.8 Å². The van der Waals surface area contributed by atoms with Crippen molar-refractivity contribution >= 4 is 5.97 Å². The Hall–Kier alpha value is -1.51. The second-order valence-electron chi connectivity index (χ2n) is 4.69. The lowest BCUT2D eigenvalue weighted by Gasteiger charge is -2.21. The molecule has 1 aromatic carbocycles. The van der Waals surface area contributed by atoms with E-state index >= 15 is 0 Å². The number of hydrogen-bond acceptors (Lipinski definition) is 2. The van der Waals surface area contributed by atoms with Crippen molar-refractivity contribution in [2.24, 2.45) is 0 Å². The smallest absolute Gasteiger partial charge is 0.336 e. The van der Waals surface area contributed by atoms with E-state index in [-0.39, 0.29) is 16.7 Å². The van der Waals surface area contributed by atoms with Crippen molar-refractivity contribution in [2.45, 2.75) is 33.1 Å². The van der Waals surface area contributed by atoms with Crippen LogP contribution in [0.1, 0.15) is 42.3 Å². The monoisotopic (exact) mass is 208 g/mol. The van der Waals surface area contributed by atoms with Gasteiger partial charge in [0.15, 0.2) is 0 Å². The normalized spacial score (nSPS) is 11.5. The number of phenols is 1. The minimum absolute atomic E-state index is 0.0856. The summed E-state index contributed by atoms with van der Waals surface area (Å²) in [6, 6.07) is 3.21. The molecule has 15 heavy (non-hydrogen) atoms. The average Bonchev–Trinajstić information content (AvgIpc) is 2.06. The van der Waals surface area contributed by atoms with Gasteiger partial charge in [0.05, 0.1) is 5.56 Å². The van der Waals surface area contributed by atoms with E-state index in [9.17, 15) is 9.90 Å². The molecule has 0 saturated heterocycles. The molecule has 1 aromatic rings. The Morgan fingerprint density at radius 1 is 1.27 bits per heavy atom. The van der Waals surface area contributed by atoms with E-state index in [1.54, 1.807) is 13.0 Å². The number of rotatable bonds is 1. The standard InChI is InChI=1S/C12H16O3/c1-7-8(11(14)15)5-6-9(10(7)13)12(2,3)4/h5-6,13H,1-4H3,(H,14,15). The van der Waals surface area contributed by atoms with Gasteiger partial charge >= 0.3 is 5.97 Å². The lowest BCUT2D eigenvalue weighted by molar-refractivity contribution is 0.0695. The van der Waals surface area contributed by atoms with Gasteiger partial charge in [-0.25, -0.2) is 4.79 Å². The van der Waals surface area contributed by atoms with Crippen LogP contribution in [0.2, 0.25) is 0 Å². The highest BCUT2D eigenvalue weighted by Crippen LogP contribution is 2.34. The van der Waals surface area contributed by atoms with E-state index in [4.69, 9.17) is 5.11 Å². The molecule has 0 fully saturated rings. The van der Waals surface area contributed by atoms with E-state index in [1.165, 1.54) is 6.07 Å². The highest BCUT2D eigenvalue weighted by atomic mass is 16.4. The van der Waals surface area contributed by atoms with Crippen LogP contribution in [0, 0.1) is 6.92 Å². The predicted molar refractivity (Wildman–Crippen MR) is 58.5 cm³/mol. The summed E-state index contributed by atoms with van der Waals surface area (Å²) < 4.78 is 0. The quantitative estimate of drug-likeness (QED) is 0.746. The molecule has 0 radical (unpaired) electrons. The first-order valence-corrected chi connectivity index (χ1v) is 4.81. The molecule has 1 rings (SSSR count). The van der Waals surface area contributed by atoms with E-state index in [0.29, 0.717) is 5.56 Å². The number of phenolic OH excluding ortho intramolecular Hbond substituents is 1. The van der Waals surface area contributed by atoms with Gasteiger partial charge in [-0.15, -0.1) is 0 Å². The average molecular weight is 208 g/mol. The summed E-state index contributed by atoms with van der Waals surface area (Å²) in [5.74, 6) is -0.925. The fraction of sp³-hybridized carbons (Fsp3) is 0.417. The molecule has 0 heterocycles. The Bertz CT molecular complexity index is 400. The zero-order valence-corrected chi connectivity index (χ0v) is 9.46. The maximum Gasteiger partial charge on any atom is 0.336 e. The zero-order valence-electron chi connectivity index (χ0n) is 9.46. The van der Waals surface area contributed by atoms with Crippen molar-refractivity contribution in [2.75, 3.05) is 0 Å². The zero-order chi connectivity index (χ0) is 11.8. The molecule has 2 N–H and O–H groups in total. The molecular weight excluding hydrogens is 192 g/mol. The number of carboxylic acids is 1. The van der Waals surface area contributed by atoms with E-state index in [1.807, 2.05) is 20.8 Å². The molecule has 0 unspecified atom stereocenters. The third kappa shape index (κ3) is 2.12. The molecule has 0 saturated carbocycles. The van der Waals surface area contributed by atoms with Gasteiger partial charge in [0.2, 0.25) is 0 Å². The summed E-state index contributed by atoms with van der Waals surface area (Å²) >= 11 is 0. The predicted octanol–water partition coefficient (Wildman–Crippen LogP) is 2.70. The Morgan fingerprint density at radius 3 is 2.20 bits per heavy atom. The van der Waals surface area contributed by atoms with Crippen LogP contribution in [0.4, 0.5) is 0 Å². The molecular formula is C12H16O3. The molecule has 0 atom stereocenters. The van der Waals surface area contributed by atoms with Crippen molar-refractivity contribution in [1.82, 2.24) is 0 Å². The molecule has 0 aliphatic rings. The minimum atomic E-state index is -1.01. The Labute approximate surface area is 89.4 Å². The first-order valence-electron chi connectivity index (χ1n) is 4.81.